The van der Waals surface area contributed by atoms with Gasteiger partial charge in [0.15, 0.2) is 0 Å². The zero-order chi connectivity index (χ0) is 15.3. The van der Waals surface area contributed by atoms with Crippen molar-refractivity contribution >= 4 is 17.2 Å². The van der Waals surface area contributed by atoms with Gasteiger partial charge in [-0.25, -0.2) is 8.78 Å². The van der Waals surface area contributed by atoms with Crippen LogP contribution in [0.4, 0.5) is 8.78 Å². The lowest BCUT2D eigenvalue weighted by Gasteiger charge is -2.14. The van der Waals surface area contributed by atoms with Crippen molar-refractivity contribution in [3.05, 3.63) is 22.7 Å². The number of halogens is 2. The number of carbonyl (C=O) groups is 1. The summed E-state index contributed by atoms with van der Waals surface area (Å²) in [5.74, 6) is -2.87. The molecule has 0 saturated carbocycles. The van der Waals surface area contributed by atoms with E-state index >= 15 is 0 Å². The Labute approximate surface area is 123 Å². The maximum atomic E-state index is 12.9. The van der Waals surface area contributed by atoms with Crippen LogP contribution >= 0.6 is 11.3 Å². The third-order valence-corrected chi connectivity index (χ3v) is 3.34. The average molecular weight is 316 g/mol. The van der Waals surface area contributed by atoms with Gasteiger partial charge in [0.2, 0.25) is 17.6 Å². The van der Waals surface area contributed by atoms with E-state index in [1.165, 1.54) is 11.3 Å². The standard InChI is InChI=1S/C12H14F2N4O2S/c13-12(14,6-15)7-16-9(19)1-2-10-17-11(18-20-10)8-3-4-21-5-8/h3-5H,1-2,6-7,15H2,(H,16,19). The molecule has 6 nitrogen and oxygen atoms in total. The quantitative estimate of drug-likeness (QED) is 0.806. The van der Waals surface area contributed by atoms with Crippen LogP contribution in [0.15, 0.2) is 21.3 Å². The highest BCUT2D eigenvalue weighted by molar-refractivity contribution is 7.08. The summed E-state index contributed by atoms with van der Waals surface area (Å²) in [5, 5.41) is 9.67. The fraction of sp³-hybridized carbons (Fsp3) is 0.417. The summed E-state index contributed by atoms with van der Waals surface area (Å²) in [5.41, 5.74) is 5.71. The third-order valence-electron chi connectivity index (χ3n) is 2.66. The second kappa shape index (κ2) is 6.72. The highest BCUT2D eigenvalue weighted by atomic mass is 32.1. The van der Waals surface area contributed by atoms with Gasteiger partial charge < -0.3 is 15.6 Å². The zero-order valence-electron chi connectivity index (χ0n) is 11.0. The van der Waals surface area contributed by atoms with Crippen LogP contribution in [0.25, 0.3) is 11.4 Å². The first kappa shape index (κ1) is 15.5. The molecule has 0 spiro atoms. The zero-order valence-corrected chi connectivity index (χ0v) is 11.8. The second-order valence-electron chi connectivity index (χ2n) is 4.36. The molecule has 0 bridgehead atoms. The lowest BCUT2D eigenvalue weighted by molar-refractivity contribution is -0.122. The Balaban J connectivity index is 1.79. The number of amides is 1. The molecule has 3 N–H and O–H groups in total. The largest absolute Gasteiger partial charge is 0.350 e. The minimum Gasteiger partial charge on any atom is -0.350 e. The fourth-order valence-corrected chi connectivity index (χ4v) is 2.11. The van der Waals surface area contributed by atoms with Gasteiger partial charge in [0.25, 0.3) is 5.92 Å². The lowest BCUT2D eigenvalue weighted by Crippen LogP contribution is -2.41. The first-order chi connectivity index (χ1) is 10.00. The molecule has 0 radical (unpaired) electrons. The molecule has 0 aliphatic rings. The van der Waals surface area contributed by atoms with E-state index in [1.807, 2.05) is 16.8 Å². The minimum absolute atomic E-state index is 0.00801. The van der Waals surface area contributed by atoms with Gasteiger partial charge in [0.1, 0.15) is 0 Å². The molecule has 2 rings (SSSR count). The third kappa shape index (κ3) is 4.57. The van der Waals surface area contributed by atoms with E-state index in [9.17, 15) is 13.6 Å². The van der Waals surface area contributed by atoms with Crippen LogP contribution in [0.1, 0.15) is 12.3 Å². The number of nitrogens with one attached hydrogen (secondary N) is 1. The van der Waals surface area contributed by atoms with Crippen LogP contribution in [0.3, 0.4) is 0 Å². The molecule has 0 unspecified atom stereocenters. The van der Waals surface area contributed by atoms with Crippen molar-refractivity contribution < 1.29 is 18.1 Å². The number of thiophene rings is 1. The Bertz CT molecular complexity index is 586. The number of nitrogens with two attached hydrogens (primary N) is 1. The van der Waals surface area contributed by atoms with E-state index < -0.39 is 24.9 Å². The van der Waals surface area contributed by atoms with Crippen LogP contribution in [0.5, 0.6) is 0 Å². The SMILES string of the molecule is NCC(F)(F)CNC(=O)CCc1nc(-c2ccsc2)no1. The van der Waals surface area contributed by atoms with Crippen molar-refractivity contribution in [2.24, 2.45) is 5.73 Å². The van der Waals surface area contributed by atoms with E-state index in [0.717, 1.165) is 5.56 Å². The molecular formula is C12H14F2N4O2S. The predicted molar refractivity (Wildman–Crippen MR) is 72.9 cm³/mol. The van der Waals surface area contributed by atoms with Gasteiger partial charge in [-0.15, -0.1) is 0 Å². The summed E-state index contributed by atoms with van der Waals surface area (Å²) >= 11 is 1.51. The van der Waals surface area contributed by atoms with Gasteiger partial charge in [0.05, 0.1) is 13.1 Å². The van der Waals surface area contributed by atoms with Crippen molar-refractivity contribution in [3.63, 3.8) is 0 Å². The summed E-state index contributed by atoms with van der Waals surface area (Å²) in [4.78, 5) is 15.6. The molecule has 0 fully saturated rings. The molecule has 114 valence electrons. The molecule has 0 aliphatic heterocycles. The molecule has 0 atom stereocenters. The maximum absolute atomic E-state index is 12.9. The van der Waals surface area contributed by atoms with Gasteiger partial charge in [-0.1, -0.05) is 5.16 Å². The number of nitrogens with zero attached hydrogens (tertiary/aromatic N) is 2. The number of aromatic nitrogens is 2. The summed E-state index contributed by atoms with van der Waals surface area (Å²) < 4.78 is 30.7. The number of alkyl halides is 2. The number of hydrogen-bond donors (Lipinski definition) is 2. The van der Waals surface area contributed by atoms with E-state index in [1.54, 1.807) is 0 Å². The summed E-state index contributed by atoms with van der Waals surface area (Å²) in [6.45, 7) is -1.58. The van der Waals surface area contributed by atoms with Crippen LogP contribution in [0, 0.1) is 0 Å². The number of carbonyl (C=O) groups excluding carboxylic acids is 1. The molecular weight excluding hydrogens is 302 g/mol. The number of hydrogen-bond acceptors (Lipinski definition) is 6. The van der Waals surface area contributed by atoms with Crippen molar-refractivity contribution in [1.29, 1.82) is 0 Å². The van der Waals surface area contributed by atoms with E-state index in [4.69, 9.17) is 10.3 Å². The Kier molecular flexibility index (Phi) is 4.97. The van der Waals surface area contributed by atoms with E-state index in [-0.39, 0.29) is 18.7 Å². The van der Waals surface area contributed by atoms with Gasteiger partial charge in [-0.2, -0.15) is 16.3 Å². The van der Waals surface area contributed by atoms with Gasteiger partial charge in [-0.05, 0) is 11.4 Å². The highest BCUT2D eigenvalue weighted by Crippen LogP contribution is 2.19. The van der Waals surface area contributed by atoms with Crippen molar-refractivity contribution in [2.75, 3.05) is 13.1 Å². The Morgan fingerprint density at radius 2 is 2.33 bits per heavy atom. The van der Waals surface area contributed by atoms with Crippen molar-refractivity contribution in [2.45, 2.75) is 18.8 Å². The van der Waals surface area contributed by atoms with Crippen molar-refractivity contribution in [1.82, 2.24) is 15.5 Å². The average Bonchev–Trinajstić information content (AvgIpc) is 3.13. The Morgan fingerprint density at radius 3 is 3.00 bits per heavy atom. The molecule has 2 aromatic heterocycles. The van der Waals surface area contributed by atoms with Gasteiger partial charge in [0, 0.05) is 23.8 Å². The van der Waals surface area contributed by atoms with Crippen LogP contribution in [-0.4, -0.2) is 35.1 Å². The minimum atomic E-state index is -3.09. The number of aryl methyl sites for hydroxylation is 1. The smallest absolute Gasteiger partial charge is 0.277 e. The molecule has 0 aromatic carbocycles. The van der Waals surface area contributed by atoms with Gasteiger partial charge in [-0.3, -0.25) is 4.79 Å². The first-order valence-electron chi connectivity index (χ1n) is 6.20. The Morgan fingerprint density at radius 1 is 1.52 bits per heavy atom. The van der Waals surface area contributed by atoms with Crippen molar-refractivity contribution in [3.8, 4) is 11.4 Å². The second-order valence-corrected chi connectivity index (χ2v) is 5.14. The normalized spacial score (nSPS) is 11.6. The monoisotopic (exact) mass is 316 g/mol. The molecule has 2 heterocycles. The molecule has 0 saturated heterocycles. The van der Waals surface area contributed by atoms with Gasteiger partial charge >= 0.3 is 0 Å². The summed E-state index contributed by atoms with van der Waals surface area (Å²) in [7, 11) is 0. The number of rotatable bonds is 7. The van der Waals surface area contributed by atoms with Crippen LogP contribution in [-0.2, 0) is 11.2 Å². The molecule has 1 amide bonds. The fourth-order valence-electron chi connectivity index (χ4n) is 1.47. The highest BCUT2D eigenvalue weighted by Gasteiger charge is 2.27. The molecule has 9 heteroatoms. The summed E-state index contributed by atoms with van der Waals surface area (Å²) in [6.07, 6.45) is 0.184. The summed E-state index contributed by atoms with van der Waals surface area (Å²) in [6, 6.07) is 1.85. The molecule has 0 aliphatic carbocycles. The molecule has 21 heavy (non-hydrogen) atoms. The maximum Gasteiger partial charge on any atom is 0.277 e. The van der Waals surface area contributed by atoms with Crippen LogP contribution < -0.4 is 11.1 Å². The van der Waals surface area contributed by atoms with Crippen LogP contribution in [0.2, 0.25) is 0 Å². The lowest BCUT2D eigenvalue weighted by atomic mass is 10.2. The predicted octanol–water partition coefficient (Wildman–Crippen LogP) is 1.44. The molecule has 2 aromatic rings. The Hall–Kier alpha value is -1.87. The van der Waals surface area contributed by atoms with E-state index in [2.05, 4.69) is 15.5 Å². The van der Waals surface area contributed by atoms with E-state index in [0.29, 0.717) is 5.82 Å². The first-order valence-corrected chi connectivity index (χ1v) is 7.14. The topological polar surface area (TPSA) is 94.0 Å².